The largest absolute Gasteiger partial charge is 0.369 e. The maximum absolute atomic E-state index is 6.16. The first-order chi connectivity index (χ1) is 10.1. The lowest BCUT2D eigenvalue weighted by atomic mass is 9.97. The van der Waals surface area contributed by atoms with E-state index in [1.165, 1.54) is 25.9 Å². The van der Waals surface area contributed by atoms with Crippen molar-refractivity contribution in [2.45, 2.75) is 46.7 Å². The molecule has 0 radical (unpaired) electrons. The van der Waals surface area contributed by atoms with Gasteiger partial charge in [0.05, 0.1) is 5.69 Å². The Hall–Kier alpha value is -1.56. The van der Waals surface area contributed by atoms with E-state index in [4.69, 9.17) is 5.73 Å². The smallest absolute Gasteiger partial charge is 0.202 e. The van der Waals surface area contributed by atoms with Gasteiger partial charge in [-0.15, -0.1) is 0 Å². The Labute approximate surface area is 125 Å². The molecule has 3 rings (SSSR count). The average Bonchev–Trinajstić information content (AvgIpc) is 2.98. The number of piperidine rings is 1. The minimum Gasteiger partial charge on any atom is -0.369 e. The van der Waals surface area contributed by atoms with E-state index >= 15 is 0 Å². The minimum absolute atomic E-state index is 0.630. The summed E-state index contributed by atoms with van der Waals surface area (Å²) in [6.07, 6.45) is 2.48. The van der Waals surface area contributed by atoms with Gasteiger partial charge in [0.25, 0.3) is 0 Å². The number of nitrogen functional groups attached to an aromatic ring is 1. The highest BCUT2D eigenvalue weighted by Crippen LogP contribution is 2.25. The van der Waals surface area contributed by atoms with Crippen LogP contribution in [0, 0.1) is 12.8 Å². The molecule has 0 bridgehead atoms. The Bertz CT molecular complexity index is 618. The summed E-state index contributed by atoms with van der Waals surface area (Å²) in [5, 5.41) is 4.56. The van der Waals surface area contributed by atoms with Gasteiger partial charge < -0.3 is 10.6 Å². The van der Waals surface area contributed by atoms with E-state index in [9.17, 15) is 0 Å². The predicted octanol–water partition coefficient (Wildman–Crippen LogP) is 1.88. The quantitative estimate of drug-likeness (QED) is 0.933. The van der Waals surface area contributed by atoms with E-state index in [-0.39, 0.29) is 0 Å². The number of hydrogen-bond acceptors (Lipinski definition) is 4. The Morgan fingerprint density at radius 2 is 1.90 bits per heavy atom. The monoisotopic (exact) mass is 290 g/mol. The van der Waals surface area contributed by atoms with Crippen LogP contribution in [-0.4, -0.2) is 43.9 Å². The molecule has 0 amide bonds. The number of fused-ring (bicyclic) bond motifs is 1. The number of nitrogens with zero attached hydrogens (tertiary/aromatic N) is 5. The van der Waals surface area contributed by atoms with Gasteiger partial charge in [0.1, 0.15) is 5.52 Å². The van der Waals surface area contributed by atoms with Crippen LogP contribution in [0.5, 0.6) is 0 Å². The van der Waals surface area contributed by atoms with Crippen molar-refractivity contribution in [2.24, 2.45) is 5.92 Å². The number of hydrogen-bond donors (Lipinski definition) is 1. The molecule has 1 saturated heterocycles. The molecule has 0 spiro atoms. The molecule has 0 saturated carbocycles. The average molecular weight is 290 g/mol. The molecular weight excluding hydrogens is 264 g/mol. The maximum atomic E-state index is 6.16. The number of likely N-dealkylation sites (tertiary alicyclic amines) is 1. The molecular formula is C15H26N6. The fourth-order valence-corrected chi connectivity index (χ4v) is 3.39. The third-order valence-corrected chi connectivity index (χ3v) is 4.72. The number of nitrogens with two attached hydrogens (primary N) is 1. The Morgan fingerprint density at radius 1 is 1.19 bits per heavy atom. The second kappa shape index (κ2) is 5.67. The van der Waals surface area contributed by atoms with E-state index in [2.05, 4.69) is 33.4 Å². The summed E-state index contributed by atoms with van der Waals surface area (Å²) in [4.78, 5) is 7.04. The molecule has 2 aromatic rings. The van der Waals surface area contributed by atoms with Crippen molar-refractivity contribution in [1.82, 2.24) is 24.2 Å². The summed E-state index contributed by atoms with van der Waals surface area (Å²) in [6, 6.07) is 0. The maximum Gasteiger partial charge on any atom is 0.202 e. The third-order valence-electron chi connectivity index (χ3n) is 4.72. The summed E-state index contributed by atoms with van der Waals surface area (Å²) < 4.78 is 4.19. The topological polar surface area (TPSA) is 64.9 Å². The molecule has 1 fully saturated rings. The molecule has 116 valence electrons. The van der Waals surface area contributed by atoms with Crippen LogP contribution in [0.1, 0.15) is 32.4 Å². The van der Waals surface area contributed by atoms with Crippen molar-refractivity contribution < 1.29 is 0 Å². The minimum atomic E-state index is 0.630. The van der Waals surface area contributed by atoms with Gasteiger partial charge in [-0.1, -0.05) is 6.92 Å². The van der Waals surface area contributed by atoms with Crippen LogP contribution in [0.2, 0.25) is 0 Å². The van der Waals surface area contributed by atoms with Crippen LogP contribution in [0.3, 0.4) is 0 Å². The molecule has 0 aromatic carbocycles. The van der Waals surface area contributed by atoms with Gasteiger partial charge in [-0.2, -0.15) is 5.10 Å². The van der Waals surface area contributed by atoms with Gasteiger partial charge in [-0.3, -0.25) is 4.57 Å². The summed E-state index contributed by atoms with van der Waals surface area (Å²) in [7, 11) is 0. The van der Waals surface area contributed by atoms with Crippen LogP contribution in [-0.2, 0) is 13.1 Å². The highest BCUT2D eigenvalue weighted by molar-refractivity contribution is 5.77. The molecule has 0 unspecified atom stereocenters. The van der Waals surface area contributed by atoms with Crippen LogP contribution in [0.15, 0.2) is 0 Å². The normalized spacial score (nSPS) is 17.9. The Balaban J connectivity index is 1.85. The lowest BCUT2D eigenvalue weighted by Gasteiger charge is -2.31. The van der Waals surface area contributed by atoms with Gasteiger partial charge in [0.2, 0.25) is 5.95 Å². The van der Waals surface area contributed by atoms with Gasteiger partial charge in [-0.25, -0.2) is 9.67 Å². The predicted molar refractivity (Wildman–Crippen MR) is 85.2 cm³/mol. The van der Waals surface area contributed by atoms with Gasteiger partial charge in [0, 0.05) is 13.1 Å². The standard InChI is InChI=1S/C15H26N6/c1-4-19-8-6-12(7-9-19)10-20-14-13(17-15(20)16)11(3)18-21(14)5-2/h12H,4-10H2,1-3H3,(H2,16,17). The van der Waals surface area contributed by atoms with E-state index in [1.54, 1.807) is 0 Å². The second-order valence-electron chi connectivity index (χ2n) is 6.03. The fraction of sp³-hybridized carbons (Fsp3) is 0.733. The zero-order valence-corrected chi connectivity index (χ0v) is 13.3. The first-order valence-electron chi connectivity index (χ1n) is 8.05. The Kier molecular flexibility index (Phi) is 3.89. The highest BCUT2D eigenvalue weighted by atomic mass is 15.4. The molecule has 21 heavy (non-hydrogen) atoms. The number of aryl methyl sites for hydroxylation is 2. The van der Waals surface area contributed by atoms with Crippen molar-refractivity contribution in [1.29, 1.82) is 0 Å². The highest BCUT2D eigenvalue weighted by Gasteiger charge is 2.22. The van der Waals surface area contributed by atoms with Gasteiger partial charge in [0.15, 0.2) is 5.65 Å². The second-order valence-corrected chi connectivity index (χ2v) is 6.03. The Morgan fingerprint density at radius 3 is 2.52 bits per heavy atom. The lowest BCUT2D eigenvalue weighted by Crippen LogP contribution is -2.34. The van der Waals surface area contributed by atoms with Crippen LogP contribution in [0.25, 0.3) is 11.2 Å². The van der Waals surface area contributed by atoms with Crippen molar-refractivity contribution in [3.05, 3.63) is 5.69 Å². The molecule has 1 aliphatic heterocycles. The number of rotatable bonds is 4. The summed E-state index contributed by atoms with van der Waals surface area (Å²) in [6.45, 7) is 11.7. The first-order valence-corrected chi connectivity index (χ1v) is 8.05. The third kappa shape index (κ3) is 2.52. The fourth-order valence-electron chi connectivity index (χ4n) is 3.39. The molecule has 3 heterocycles. The molecule has 2 aromatic heterocycles. The molecule has 6 heteroatoms. The van der Waals surface area contributed by atoms with Crippen LogP contribution in [0.4, 0.5) is 5.95 Å². The number of aromatic nitrogens is 4. The zero-order valence-electron chi connectivity index (χ0n) is 13.3. The van der Waals surface area contributed by atoms with E-state index in [0.29, 0.717) is 11.9 Å². The van der Waals surface area contributed by atoms with Crippen molar-refractivity contribution in [2.75, 3.05) is 25.4 Å². The SMILES string of the molecule is CCN1CCC(Cn2c(N)nc3c(C)nn(CC)c32)CC1. The summed E-state index contributed by atoms with van der Waals surface area (Å²) in [5.74, 6) is 1.32. The van der Waals surface area contributed by atoms with E-state index in [0.717, 1.165) is 36.5 Å². The summed E-state index contributed by atoms with van der Waals surface area (Å²) >= 11 is 0. The number of imidazole rings is 1. The summed E-state index contributed by atoms with van der Waals surface area (Å²) in [5.41, 5.74) is 9.18. The molecule has 6 nitrogen and oxygen atoms in total. The molecule has 0 atom stereocenters. The molecule has 0 aliphatic carbocycles. The van der Waals surface area contributed by atoms with Gasteiger partial charge in [-0.05, 0) is 52.2 Å². The van der Waals surface area contributed by atoms with Crippen molar-refractivity contribution >= 4 is 17.1 Å². The molecule has 2 N–H and O–H groups in total. The van der Waals surface area contributed by atoms with Crippen LogP contribution < -0.4 is 5.73 Å². The molecule has 1 aliphatic rings. The lowest BCUT2D eigenvalue weighted by molar-refractivity contribution is 0.182. The van der Waals surface area contributed by atoms with Crippen molar-refractivity contribution in [3.63, 3.8) is 0 Å². The van der Waals surface area contributed by atoms with E-state index in [1.807, 2.05) is 11.6 Å². The van der Waals surface area contributed by atoms with Gasteiger partial charge >= 0.3 is 0 Å². The zero-order chi connectivity index (χ0) is 15.0. The van der Waals surface area contributed by atoms with Crippen LogP contribution >= 0.6 is 0 Å². The first kappa shape index (κ1) is 14.4. The number of anilines is 1. The van der Waals surface area contributed by atoms with Crippen molar-refractivity contribution in [3.8, 4) is 0 Å². The van der Waals surface area contributed by atoms with E-state index < -0.39 is 0 Å².